The Labute approximate surface area is 77.2 Å². The maximum atomic E-state index is 11.1. The Morgan fingerprint density at radius 3 is 2.77 bits per heavy atom. The minimum Gasteiger partial charge on any atom is -0.329 e. The van der Waals surface area contributed by atoms with E-state index in [0.29, 0.717) is 12.8 Å². The van der Waals surface area contributed by atoms with Crippen LogP contribution in [0.5, 0.6) is 0 Å². The van der Waals surface area contributed by atoms with Gasteiger partial charge < -0.3 is 5.32 Å². The standard InChI is InChI=1S/C10H13NO2/c1-10-4-2-7(12)6-8(10)11-9(13)3-5-10/h6H,2-5H2,1H3,(H,11,13)/t10-/m1/s1. The van der Waals surface area contributed by atoms with Gasteiger partial charge in [-0.15, -0.1) is 0 Å². The number of allylic oxidation sites excluding steroid dienone is 2. The maximum Gasteiger partial charge on any atom is 0.224 e. The van der Waals surface area contributed by atoms with Gasteiger partial charge in [-0.1, -0.05) is 6.92 Å². The lowest BCUT2D eigenvalue weighted by molar-refractivity contribution is -0.123. The first-order valence-electron chi connectivity index (χ1n) is 4.65. The fourth-order valence-electron chi connectivity index (χ4n) is 1.99. The molecule has 1 aliphatic carbocycles. The molecule has 0 aromatic heterocycles. The van der Waals surface area contributed by atoms with E-state index in [1.807, 2.05) is 0 Å². The largest absolute Gasteiger partial charge is 0.329 e. The van der Waals surface area contributed by atoms with Crippen LogP contribution in [0.15, 0.2) is 11.8 Å². The molecule has 1 fully saturated rings. The van der Waals surface area contributed by atoms with Crippen molar-refractivity contribution in [1.82, 2.24) is 5.32 Å². The molecule has 0 spiro atoms. The third kappa shape index (κ3) is 1.39. The number of carbonyl (C=O) groups excluding carboxylic acids is 2. The second-order valence-electron chi connectivity index (χ2n) is 4.13. The summed E-state index contributed by atoms with van der Waals surface area (Å²) in [6.45, 7) is 2.12. The van der Waals surface area contributed by atoms with Crippen molar-refractivity contribution >= 4 is 11.7 Å². The lowest BCUT2D eigenvalue weighted by atomic mass is 9.72. The second-order valence-corrected chi connectivity index (χ2v) is 4.13. The normalized spacial score (nSPS) is 33.5. The van der Waals surface area contributed by atoms with Crippen LogP contribution in [-0.4, -0.2) is 11.7 Å². The zero-order chi connectivity index (χ0) is 9.47. The van der Waals surface area contributed by atoms with Gasteiger partial charge in [-0.05, 0) is 12.8 Å². The fourth-order valence-corrected chi connectivity index (χ4v) is 1.99. The summed E-state index contributed by atoms with van der Waals surface area (Å²) in [5, 5.41) is 2.79. The molecular weight excluding hydrogens is 166 g/mol. The SMILES string of the molecule is C[C@]12CCC(=O)C=C1NC(=O)CC2. The quantitative estimate of drug-likeness (QED) is 0.606. The van der Waals surface area contributed by atoms with Gasteiger partial charge in [-0.3, -0.25) is 9.59 Å². The van der Waals surface area contributed by atoms with Gasteiger partial charge in [-0.2, -0.15) is 0 Å². The zero-order valence-corrected chi connectivity index (χ0v) is 7.72. The average molecular weight is 179 g/mol. The number of carbonyl (C=O) groups is 2. The van der Waals surface area contributed by atoms with Crippen molar-refractivity contribution in [3.8, 4) is 0 Å². The topological polar surface area (TPSA) is 46.2 Å². The first kappa shape index (κ1) is 8.48. The van der Waals surface area contributed by atoms with Crippen LogP contribution in [0.3, 0.4) is 0 Å². The van der Waals surface area contributed by atoms with Gasteiger partial charge in [0.05, 0.1) is 0 Å². The van der Waals surface area contributed by atoms with Gasteiger partial charge in [0.2, 0.25) is 5.91 Å². The van der Waals surface area contributed by atoms with E-state index in [0.717, 1.165) is 18.5 Å². The number of hydrogen-bond acceptors (Lipinski definition) is 2. The molecule has 0 aromatic rings. The minimum absolute atomic E-state index is 0.0402. The van der Waals surface area contributed by atoms with Gasteiger partial charge in [-0.25, -0.2) is 0 Å². The number of hydrogen-bond donors (Lipinski definition) is 1. The Bertz CT molecular complexity index is 306. The van der Waals surface area contributed by atoms with Crippen LogP contribution in [0.1, 0.15) is 32.6 Å². The number of nitrogens with one attached hydrogen (secondary N) is 1. The van der Waals surface area contributed by atoms with Gasteiger partial charge in [0.15, 0.2) is 5.78 Å². The van der Waals surface area contributed by atoms with Crippen LogP contribution in [-0.2, 0) is 9.59 Å². The highest BCUT2D eigenvalue weighted by Crippen LogP contribution is 2.41. The van der Waals surface area contributed by atoms with Crippen molar-refractivity contribution in [1.29, 1.82) is 0 Å². The Kier molecular flexibility index (Phi) is 1.75. The minimum atomic E-state index is 0.0402. The first-order valence-corrected chi connectivity index (χ1v) is 4.65. The summed E-state index contributed by atoms with van der Waals surface area (Å²) in [5.74, 6) is 0.174. The Balaban J connectivity index is 2.32. The summed E-state index contributed by atoms with van der Waals surface area (Å²) in [6, 6.07) is 0. The van der Waals surface area contributed by atoms with E-state index in [-0.39, 0.29) is 17.1 Å². The zero-order valence-electron chi connectivity index (χ0n) is 7.72. The Morgan fingerprint density at radius 2 is 2.00 bits per heavy atom. The van der Waals surface area contributed by atoms with Gasteiger partial charge >= 0.3 is 0 Å². The van der Waals surface area contributed by atoms with Crippen molar-refractivity contribution in [2.24, 2.45) is 5.41 Å². The number of ketones is 1. The molecule has 1 saturated heterocycles. The van der Waals surface area contributed by atoms with E-state index in [9.17, 15) is 9.59 Å². The highest BCUT2D eigenvalue weighted by Gasteiger charge is 2.37. The highest BCUT2D eigenvalue weighted by atomic mass is 16.1. The van der Waals surface area contributed by atoms with Gasteiger partial charge in [0.25, 0.3) is 0 Å². The Hall–Kier alpha value is -1.12. The van der Waals surface area contributed by atoms with E-state index >= 15 is 0 Å². The average Bonchev–Trinajstić information content (AvgIpc) is 2.08. The molecule has 3 heteroatoms. The molecule has 3 nitrogen and oxygen atoms in total. The van der Waals surface area contributed by atoms with Gasteiger partial charge in [0, 0.05) is 30.0 Å². The summed E-state index contributed by atoms with van der Waals surface area (Å²) in [6.07, 6.45) is 4.55. The Morgan fingerprint density at radius 1 is 1.31 bits per heavy atom. The van der Waals surface area contributed by atoms with E-state index < -0.39 is 0 Å². The number of fused-ring (bicyclic) bond motifs is 1. The highest BCUT2D eigenvalue weighted by molar-refractivity contribution is 5.93. The summed E-state index contributed by atoms with van der Waals surface area (Å²) in [5.41, 5.74) is 0.877. The molecule has 0 aromatic carbocycles. The molecular formula is C10H13NO2. The second kappa shape index (κ2) is 2.69. The van der Waals surface area contributed by atoms with E-state index in [1.54, 1.807) is 6.08 Å². The van der Waals surface area contributed by atoms with Crippen molar-refractivity contribution in [3.05, 3.63) is 11.8 Å². The van der Waals surface area contributed by atoms with Crippen molar-refractivity contribution in [2.45, 2.75) is 32.6 Å². The van der Waals surface area contributed by atoms with Crippen molar-refractivity contribution in [2.75, 3.05) is 0 Å². The molecule has 13 heavy (non-hydrogen) atoms. The van der Waals surface area contributed by atoms with Crippen LogP contribution in [0, 0.1) is 5.41 Å². The van der Waals surface area contributed by atoms with Crippen LogP contribution >= 0.6 is 0 Å². The molecule has 2 aliphatic rings. The molecule has 0 saturated carbocycles. The van der Waals surface area contributed by atoms with Crippen LogP contribution < -0.4 is 5.32 Å². The summed E-state index contributed by atoms with van der Waals surface area (Å²) in [7, 11) is 0. The molecule has 1 atom stereocenters. The smallest absolute Gasteiger partial charge is 0.224 e. The van der Waals surface area contributed by atoms with Crippen molar-refractivity contribution < 1.29 is 9.59 Å². The monoisotopic (exact) mass is 179 g/mol. The lowest BCUT2D eigenvalue weighted by Crippen LogP contribution is -2.41. The number of rotatable bonds is 0. The predicted octanol–water partition coefficient (Wildman–Crippen LogP) is 1.15. The molecule has 0 bridgehead atoms. The van der Waals surface area contributed by atoms with Crippen LogP contribution in [0.2, 0.25) is 0 Å². The van der Waals surface area contributed by atoms with Crippen molar-refractivity contribution in [3.63, 3.8) is 0 Å². The third-order valence-corrected chi connectivity index (χ3v) is 3.06. The fraction of sp³-hybridized carbons (Fsp3) is 0.600. The van der Waals surface area contributed by atoms with E-state index in [2.05, 4.69) is 12.2 Å². The number of amides is 1. The van der Waals surface area contributed by atoms with Crippen LogP contribution in [0.25, 0.3) is 0 Å². The molecule has 0 radical (unpaired) electrons. The lowest BCUT2D eigenvalue weighted by Gasteiger charge is -2.38. The number of piperidine rings is 1. The third-order valence-electron chi connectivity index (χ3n) is 3.06. The van der Waals surface area contributed by atoms with Crippen LogP contribution in [0.4, 0.5) is 0 Å². The molecule has 0 unspecified atom stereocenters. The summed E-state index contributed by atoms with van der Waals surface area (Å²) in [4.78, 5) is 22.2. The summed E-state index contributed by atoms with van der Waals surface area (Å²) < 4.78 is 0. The predicted molar refractivity (Wildman–Crippen MR) is 47.8 cm³/mol. The first-order chi connectivity index (χ1) is 6.10. The summed E-state index contributed by atoms with van der Waals surface area (Å²) >= 11 is 0. The van der Waals surface area contributed by atoms with Gasteiger partial charge in [0.1, 0.15) is 0 Å². The molecule has 1 amide bonds. The maximum absolute atomic E-state index is 11.1. The molecule has 70 valence electrons. The molecule has 1 N–H and O–H groups in total. The molecule has 2 rings (SSSR count). The molecule has 1 aliphatic heterocycles. The van der Waals surface area contributed by atoms with E-state index in [4.69, 9.17) is 0 Å². The van der Waals surface area contributed by atoms with E-state index in [1.165, 1.54) is 0 Å². The molecule has 1 heterocycles.